The third kappa shape index (κ3) is 2.85. The van der Waals surface area contributed by atoms with Crippen molar-refractivity contribution >= 4 is 27.0 Å². The highest BCUT2D eigenvalue weighted by Gasteiger charge is 2.16. The zero-order chi connectivity index (χ0) is 14.8. The Bertz CT molecular complexity index is 815. The van der Waals surface area contributed by atoms with Crippen LogP contribution >= 0.6 is 15.9 Å². The number of aromatic nitrogens is 1. The van der Waals surface area contributed by atoms with Crippen molar-refractivity contribution < 1.29 is 14.3 Å². The summed E-state index contributed by atoms with van der Waals surface area (Å²) in [6, 6.07) is 7.42. The molecule has 1 aliphatic heterocycles. The Morgan fingerprint density at radius 1 is 1.29 bits per heavy atom. The van der Waals surface area contributed by atoms with Gasteiger partial charge in [-0.15, -0.1) is 0 Å². The summed E-state index contributed by atoms with van der Waals surface area (Å²) < 4.78 is 11.3. The molecule has 1 aromatic carbocycles. The predicted octanol–water partition coefficient (Wildman–Crippen LogP) is 3.16. The van der Waals surface area contributed by atoms with Crippen LogP contribution in [-0.4, -0.2) is 22.0 Å². The molecule has 0 saturated carbocycles. The molecular weight excluding hydrogens is 338 g/mol. The zero-order valence-electron chi connectivity index (χ0n) is 11.0. The number of halogens is 1. The maximum Gasteiger partial charge on any atom is 0.186 e. The van der Waals surface area contributed by atoms with E-state index in [-0.39, 0.29) is 11.2 Å². The van der Waals surface area contributed by atoms with Gasteiger partial charge in [-0.1, -0.05) is 15.9 Å². The van der Waals surface area contributed by atoms with Gasteiger partial charge in [-0.2, -0.15) is 0 Å². The number of aromatic hydroxyl groups is 1. The van der Waals surface area contributed by atoms with Crippen LogP contribution in [0.15, 0.2) is 39.5 Å². The molecular formula is C15H12BrNO4. The summed E-state index contributed by atoms with van der Waals surface area (Å²) in [6.45, 7) is 0.485. The SMILES string of the molecule is O=c1cc2oc3cc(O)ccc3nc-2c(OCCCBr)c1. The van der Waals surface area contributed by atoms with E-state index < -0.39 is 0 Å². The van der Waals surface area contributed by atoms with E-state index in [1.54, 1.807) is 6.07 Å². The molecule has 0 amide bonds. The fourth-order valence-corrected chi connectivity index (χ4v) is 2.24. The maximum absolute atomic E-state index is 11.7. The van der Waals surface area contributed by atoms with Gasteiger partial charge in [0.25, 0.3) is 0 Å². The van der Waals surface area contributed by atoms with Gasteiger partial charge in [-0.25, -0.2) is 4.98 Å². The Morgan fingerprint density at radius 2 is 2.14 bits per heavy atom. The lowest BCUT2D eigenvalue weighted by atomic mass is 10.2. The number of hydrogen-bond acceptors (Lipinski definition) is 5. The lowest BCUT2D eigenvalue weighted by Crippen LogP contribution is -2.07. The van der Waals surface area contributed by atoms with Crippen molar-refractivity contribution in [1.82, 2.24) is 4.98 Å². The molecule has 1 aromatic rings. The first-order chi connectivity index (χ1) is 10.2. The number of alkyl halides is 1. The van der Waals surface area contributed by atoms with E-state index in [0.717, 1.165) is 11.8 Å². The molecule has 1 N–H and O–H groups in total. The molecule has 0 saturated heterocycles. The average molecular weight is 350 g/mol. The molecule has 1 aliphatic carbocycles. The second-order valence-corrected chi connectivity index (χ2v) is 5.32. The van der Waals surface area contributed by atoms with E-state index in [2.05, 4.69) is 20.9 Å². The van der Waals surface area contributed by atoms with Crippen molar-refractivity contribution in [3.63, 3.8) is 0 Å². The number of hydrogen-bond donors (Lipinski definition) is 1. The summed E-state index contributed by atoms with van der Waals surface area (Å²) in [6.07, 6.45) is 0.823. The topological polar surface area (TPSA) is 72.6 Å². The minimum atomic E-state index is -0.207. The monoisotopic (exact) mass is 349 g/mol. The van der Waals surface area contributed by atoms with Gasteiger partial charge in [-0.05, 0) is 18.6 Å². The lowest BCUT2D eigenvalue weighted by Gasteiger charge is -2.12. The molecule has 0 spiro atoms. The van der Waals surface area contributed by atoms with Crippen LogP contribution in [0.5, 0.6) is 11.5 Å². The molecule has 0 unspecified atom stereocenters. The van der Waals surface area contributed by atoms with Crippen molar-refractivity contribution in [3.8, 4) is 23.0 Å². The molecule has 5 nitrogen and oxygen atoms in total. The first kappa shape index (κ1) is 13.9. The third-order valence-corrected chi connectivity index (χ3v) is 3.51. The van der Waals surface area contributed by atoms with Crippen molar-refractivity contribution in [2.75, 3.05) is 11.9 Å². The Morgan fingerprint density at radius 3 is 2.95 bits per heavy atom. The van der Waals surface area contributed by atoms with Gasteiger partial charge in [0.2, 0.25) is 0 Å². The molecule has 0 radical (unpaired) electrons. The molecule has 2 aliphatic rings. The van der Waals surface area contributed by atoms with Gasteiger partial charge < -0.3 is 14.3 Å². The fraction of sp³-hybridized carbons (Fsp3) is 0.200. The van der Waals surface area contributed by atoms with Gasteiger partial charge >= 0.3 is 0 Å². The smallest absolute Gasteiger partial charge is 0.186 e. The molecule has 0 fully saturated rings. The normalized spacial score (nSPS) is 11.1. The number of phenols is 1. The first-order valence-electron chi connectivity index (χ1n) is 6.44. The van der Waals surface area contributed by atoms with Crippen molar-refractivity contribution in [2.24, 2.45) is 0 Å². The summed E-state index contributed by atoms with van der Waals surface area (Å²) in [5, 5.41) is 10.3. The molecule has 3 rings (SSSR count). The lowest BCUT2D eigenvalue weighted by molar-refractivity contribution is 0.318. The van der Waals surface area contributed by atoms with Gasteiger partial charge in [0.05, 0.1) is 6.61 Å². The minimum Gasteiger partial charge on any atom is -0.508 e. The van der Waals surface area contributed by atoms with Crippen LogP contribution in [-0.2, 0) is 0 Å². The van der Waals surface area contributed by atoms with Crippen LogP contribution in [0.2, 0.25) is 0 Å². The van der Waals surface area contributed by atoms with Gasteiger partial charge in [-0.3, -0.25) is 4.79 Å². The van der Waals surface area contributed by atoms with Crippen LogP contribution in [0.1, 0.15) is 6.42 Å². The number of ether oxygens (including phenoxy) is 1. The number of fused-ring (bicyclic) bond motifs is 2. The average Bonchev–Trinajstić information content (AvgIpc) is 2.45. The molecule has 21 heavy (non-hydrogen) atoms. The summed E-state index contributed by atoms with van der Waals surface area (Å²) in [5.74, 6) is 0.839. The van der Waals surface area contributed by atoms with E-state index in [1.165, 1.54) is 24.3 Å². The Labute approximate surface area is 128 Å². The van der Waals surface area contributed by atoms with E-state index in [9.17, 15) is 9.90 Å². The molecule has 1 heterocycles. The van der Waals surface area contributed by atoms with Crippen LogP contribution in [0.25, 0.3) is 22.6 Å². The van der Waals surface area contributed by atoms with E-state index in [1.807, 2.05) is 0 Å². The molecule has 0 bridgehead atoms. The minimum absolute atomic E-state index is 0.0828. The van der Waals surface area contributed by atoms with E-state index in [4.69, 9.17) is 9.15 Å². The van der Waals surface area contributed by atoms with E-state index in [0.29, 0.717) is 34.9 Å². The van der Waals surface area contributed by atoms with Gasteiger partial charge in [0.1, 0.15) is 17.0 Å². The Hall–Kier alpha value is -2.08. The predicted molar refractivity (Wildman–Crippen MR) is 82.5 cm³/mol. The highest BCUT2D eigenvalue weighted by atomic mass is 79.9. The summed E-state index contributed by atoms with van der Waals surface area (Å²) in [5.41, 5.74) is 1.30. The Balaban J connectivity index is 2.16. The molecule has 6 heteroatoms. The maximum atomic E-state index is 11.7. The molecule has 0 aromatic heterocycles. The van der Waals surface area contributed by atoms with Gasteiger partial charge in [0, 0.05) is 23.5 Å². The van der Waals surface area contributed by atoms with Crippen LogP contribution in [0.3, 0.4) is 0 Å². The number of phenolic OH excluding ortho intramolecular Hbond substituents is 1. The number of benzene rings is 2. The van der Waals surface area contributed by atoms with Crippen molar-refractivity contribution in [1.29, 1.82) is 0 Å². The summed E-state index contributed by atoms with van der Waals surface area (Å²) >= 11 is 3.33. The van der Waals surface area contributed by atoms with Crippen LogP contribution < -0.4 is 10.2 Å². The summed E-state index contributed by atoms with van der Waals surface area (Å²) in [7, 11) is 0. The zero-order valence-corrected chi connectivity index (χ0v) is 12.6. The van der Waals surface area contributed by atoms with Gasteiger partial charge in [0.15, 0.2) is 22.5 Å². The quantitative estimate of drug-likeness (QED) is 0.445. The number of nitrogens with zero attached hydrogens (tertiary/aromatic N) is 1. The standard InChI is InChI=1S/C15H12BrNO4/c16-4-1-5-20-13-7-10(19)8-14-15(13)17-11-3-2-9(18)6-12(11)21-14/h2-3,6-8,18H,1,4-5H2. The summed E-state index contributed by atoms with van der Waals surface area (Å²) in [4.78, 5) is 16.2. The first-order valence-corrected chi connectivity index (χ1v) is 7.56. The number of rotatable bonds is 4. The van der Waals surface area contributed by atoms with Crippen molar-refractivity contribution in [2.45, 2.75) is 6.42 Å². The van der Waals surface area contributed by atoms with Crippen LogP contribution in [0, 0.1) is 0 Å². The third-order valence-electron chi connectivity index (χ3n) is 2.94. The van der Waals surface area contributed by atoms with E-state index >= 15 is 0 Å². The fourth-order valence-electron chi connectivity index (χ4n) is 2.01. The largest absolute Gasteiger partial charge is 0.508 e. The molecule has 108 valence electrons. The Kier molecular flexibility index (Phi) is 3.79. The second kappa shape index (κ2) is 5.73. The van der Waals surface area contributed by atoms with Crippen LogP contribution in [0.4, 0.5) is 0 Å². The van der Waals surface area contributed by atoms with Crippen molar-refractivity contribution in [3.05, 3.63) is 40.6 Å². The highest BCUT2D eigenvalue weighted by Crippen LogP contribution is 2.32. The molecule has 0 atom stereocenters. The highest BCUT2D eigenvalue weighted by molar-refractivity contribution is 9.09. The second-order valence-electron chi connectivity index (χ2n) is 4.53.